The second-order valence-electron chi connectivity index (χ2n) is 3.79. The van der Waals surface area contributed by atoms with E-state index in [1.807, 2.05) is 12.1 Å². The average Bonchev–Trinajstić information content (AvgIpc) is 2.42. The number of aromatic amines is 1. The number of amides is 2. The number of carbonyl (C=O) groups is 1. The summed E-state index contributed by atoms with van der Waals surface area (Å²) in [7, 11) is 0. The maximum Gasteiger partial charge on any atom is 0.324 e. The predicted octanol–water partition coefficient (Wildman–Crippen LogP) is 0.873. The van der Waals surface area contributed by atoms with E-state index in [9.17, 15) is 9.59 Å². The molecule has 0 aliphatic heterocycles. The molecule has 7 nitrogen and oxygen atoms in total. The van der Waals surface area contributed by atoms with Crippen molar-refractivity contribution in [3.63, 3.8) is 0 Å². The summed E-state index contributed by atoms with van der Waals surface area (Å²) < 4.78 is 0. The van der Waals surface area contributed by atoms with Crippen LogP contribution in [0.4, 0.5) is 16.3 Å². The van der Waals surface area contributed by atoms with Crippen LogP contribution in [0.5, 0.6) is 0 Å². The van der Waals surface area contributed by atoms with Gasteiger partial charge in [-0.25, -0.2) is 9.89 Å². The Morgan fingerprint density at radius 2 is 1.89 bits per heavy atom. The number of hydrogen-bond acceptors (Lipinski definition) is 4. The molecule has 2 aromatic rings. The molecule has 0 aliphatic carbocycles. The van der Waals surface area contributed by atoms with Crippen molar-refractivity contribution in [1.82, 2.24) is 10.2 Å². The molecule has 5 N–H and O–H groups in total. The Hall–Kier alpha value is -2.67. The molecule has 0 aliphatic rings. The van der Waals surface area contributed by atoms with Crippen molar-refractivity contribution in [2.45, 2.75) is 6.54 Å². The smallest absolute Gasteiger partial charge is 0.324 e. The first kappa shape index (κ1) is 12.8. The Bertz CT molecular complexity index is 600. The van der Waals surface area contributed by atoms with Crippen LogP contribution in [0.2, 0.25) is 0 Å². The number of anilines is 2. The highest BCUT2D eigenvalue weighted by Gasteiger charge is 2.03. The lowest BCUT2D eigenvalue weighted by atomic mass is 10.2. The summed E-state index contributed by atoms with van der Waals surface area (Å²) in [5, 5.41) is 11.0. The van der Waals surface area contributed by atoms with Crippen LogP contribution in [0.3, 0.4) is 0 Å². The third kappa shape index (κ3) is 3.65. The van der Waals surface area contributed by atoms with Crippen molar-refractivity contribution in [2.24, 2.45) is 5.73 Å². The van der Waals surface area contributed by atoms with Gasteiger partial charge in [0.25, 0.3) is 5.56 Å². The monoisotopic (exact) mass is 259 g/mol. The summed E-state index contributed by atoms with van der Waals surface area (Å²) in [4.78, 5) is 22.4. The number of rotatable bonds is 3. The number of aromatic nitrogens is 2. The van der Waals surface area contributed by atoms with Crippen LogP contribution >= 0.6 is 0 Å². The number of H-pyrrole nitrogens is 1. The fraction of sp³-hybridized carbons (Fsp3) is 0.0833. The zero-order chi connectivity index (χ0) is 13.7. The van der Waals surface area contributed by atoms with Crippen molar-refractivity contribution in [2.75, 3.05) is 10.6 Å². The van der Waals surface area contributed by atoms with E-state index in [0.29, 0.717) is 12.2 Å². The van der Waals surface area contributed by atoms with Gasteiger partial charge in [-0.2, -0.15) is 5.10 Å². The largest absolute Gasteiger partial charge is 0.326 e. The zero-order valence-electron chi connectivity index (χ0n) is 10.0. The maximum atomic E-state index is 11.6. The van der Waals surface area contributed by atoms with Gasteiger partial charge in [0.2, 0.25) is 0 Å². The zero-order valence-corrected chi connectivity index (χ0v) is 10.0. The maximum absolute atomic E-state index is 11.6. The Balaban J connectivity index is 1.96. The highest BCUT2D eigenvalue weighted by atomic mass is 16.2. The molecule has 0 bridgehead atoms. The summed E-state index contributed by atoms with van der Waals surface area (Å²) >= 11 is 0. The normalized spacial score (nSPS) is 9.95. The minimum Gasteiger partial charge on any atom is -0.326 e. The van der Waals surface area contributed by atoms with E-state index in [4.69, 9.17) is 5.73 Å². The summed E-state index contributed by atoms with van der Waals surface area (Å²) in [6.07, 6.45) is 0. The molecule has 0 atom stereocenters. The van der Waals surface area contributed by atoms with Crippen molar-refractivity contribution in [1.29, 1.82) is 0 Å². The fourth-order valence-electron chi connectivity index (χ4n) is 1.42. The Kier molecular flexibility index (Phi) is 3.89. The second kappa shape index (κ2) is 5.78. The molecule has 1 aromatic carbocycles. The van der Waals surface area contributed by atoms with E-state index in [1.54, 1.807) is 12.1 Å². The van der Waals surface area contributed by atoms with Crippen LogP contribution in [0, 0.1) is 0 Å². The number of nitrogens with zero attached hydrogens (tertiary/aromatic N) is 1. The fourth-order valence-corrected chi connectivity index (χ4v) is 1.42. The van der Waals surface area contributed by atoms with Gasteiger partial charge in [-0.05, 0) is 23.8 Å². The lowest BCUT2D eigenvalue weighted by molar-refractivity contribution is 0.262. The first-order valence-corrected chi connectivity index (χ1v) is 5.60. The molecule has 0 saturated carbocycles. The van der Waals surface area contributed by atoms with Crippen molar-refractivity contribution in [3.8, 4) is 0 Å². The topological polar surface area (TPSA) is 113 Å². The Morgan fingerprint density at radius 3 is 2.47 bits per heavy atom. The summed E-state index contributed by atoms with van der Waals surface area (Å²) in [5.74, 6) is 0.260. The van der Waals surface area contributed by atoms with Crippen molar-refractivity contribution < 1.29 is 4.79 Å². The average molecular weight is 259 g/mol. The summed E-state index contributed by atoms with van der Waals surface area (Å²) in [5.41, 5.74) is 6.77. The van der Waals surface area contributed by atoms with Gasteiger partial charge in [0.15, 0.2) is 5.82 Å². The summed E-state index contributed by atoms with van der Waals surface area (Å²) in [6.45, 7) is 0.452. The van der Waals surface area contributed by atoms with Crippen molar-refractivity contribution in [3.05, 3.63) is 52.3 Å². The minimum absolute atomic E-state index is 0.260. The van der Waals surface area contributed by atoms with E-state index in [1.165, 1.54) is 12.1 Å². The molecule has 1 heterocycles. The van der Waals surface area contributed by atoms with Gasteiger partial charge in [-0.1, -0.05) is 12.1 Å². The molecule has 0 spiro atoms. The van der Waals surface area contributed by atoms with Gasteiger partial charge < -0.3 is 11.1 Å². The molecule has 1 aromatic heterocycles. The first-order chi connectivity index (χ1) is 9.17. The van der Waals surface area contributed by atoms with Gasteiger partial charge in [0, 0.05) is 18.3 Å². The van der Waals surface area contributed by atoms with Crippen LogP contribution in [-0.2, 0) is 6.54 Å². The lowest BCUT2D eigenvalue weighted by Gasteiger charge is -2.07. The molecule has 2 amide bonds. The van der Waals surface area contributed by atoms with Crippen LogP contribution in [0.1, 0.15) is 5.56 Å². The third-order valence-electron chi connectivity index (χ3n) is 2.37. The lowest BCUT2D eigenvalue weighted by Crippen LogP contribution is -2.21. The van der Waals surface area contributed by atoms with Gasteiger partial charge in [-0.15, -0.1) is 0 Å². The Labute approximate surface area is 108 Å². The van der Waals surface area contributed by atoms with E-state index in [0.717, 1.165) is 5.56 Å². The van der Waals surface area contributed by atoms with Crippen molar-refractivity contribution >= 4 is 17.5 Å². The predicted molar refractivity (Wildman–Crippen MR) is 71.8 cm³/mol. The number of urea groups is 1. The second-order valence-corrected chi connectivity index (χ2v) is 3.79. The number of nitrogens with one attached hydrogen (secondary N) is 3. The molecular weight excluding hydrogens is 246 g/mol. The molecule has 0 saturated heterocycles. The van der Waals surface area contributed by atoms with Crippen LogP contribution in [0.15, 0.2) is 41.2 Å². The minimum atomic E-state index is -0.444. The van der Waals surface area contributed by atoms with Gasteiger partial charge in [-0.3, -0.25) is 10.1 Å². The van der Waals surface area contributed by atoms with Crippen LogP contribution in [0.25, 0.3) is 0 Å². The molecule has 0 unspecified atom stereocenters. The van der Waals surface area contributed by atoms with Gasteiger partial charge in [0.05, 0.1) is 0 Å². The summed E-state index contributed by atoms with van der Waals surface area (Å²) in [6, 6.07) is 9.40. The molecule has 0 radical (unpaired) electrons. The quantitative estimate of drug-likeness (QED) is 0.655. The van der Waals surface area contributed by atoms with E-state index in [2.05, 4.69) is 20.8 Å². The molecule has 2 rings (SSSR count). The van der Waals surface area contributed by atoms with E-state index < -0.39 is 6.03 Å². The highest BCUT2D eigenvalue weighted by molar-refractivity contribution is 5.99. The van der Waals surface area contributed by atoms with Crippen LogP contribution in [-0.4, -0.2) is 16.2 Å². The number of carbonyl (C=O) groups excluding carboxylic acids is 1. The first-order valence-electron chi connectivity index (χ1n) is 5.60. The molecule has 0 fully saturated rings. The van der Waals surface area contributed by atoms with E-state index in [-0.39, 0.29) is 11.4 Å². The SMILES string of the molecule is NCc1ccc(NC(=O)Nc2ccc(=O)[nH]n2)cc1. The molecule has 98 valence electrons. The molecule has 19 heavy (non-hydrogen) atoms. The molecular formula is C12H13N5O2. The third-order valence-corrected chi connectivity index (χ3v) is 2.37. The highest BCUT2D eigenvalue weighted by Crippen LogP contribution is 2.09. The number of nitrogens with two attached hydrogens (primary N) is 1. The molecule has 7 heteroatoms. The van der Waals surface area contributed by atoms with Gasteiger partial charge >= 0.3 is 6.03 Å². The Morgan fingerprint density at radius 1 is 1.16 bits per heavy atom. The van der Waals surface area contributed by atoms with Gasteiger partial charge in [0.1, 0.15) is 0 Å². The van der Waals surface area contributed by atoms with Crippen LogP contribution < -0.4 is 21.9 Å². The van der Waals surface area contributed by atoms with E-state index >= 15 is 0 Å². The standard InChI is InChI=1S/C12H13N5O2/c13-7-8-1-3-9(4-2-8)14-12(19)15-10-5-6-11(18)17-16-10/h1-6H,7,13H2,(H,17,18)(H2,14,15,16,19). The number of hydrogen-bond donors (Lipinski definition) is 4. The number of benzene rings is 1.